The lowest BCUT2D eigenvalue weighted by Crippen LogP contribution is -2.34. The van der Waals surface area contributed by atoms with Crippen molar-refractivity contribution in [3.8, 4) is 0 Å². The fraction of sp³-hybridized carbons (Fsp3) is 0.152. The van der Waals surface area contributed by atoms with Crippen LogP contribution in [0.15, 0.2) is 113 Å². The SMILES string of the molecule is Cc1cccc(CN2C(=O)/C(=C/c3ccccc3)Sc3ccc(C(=O)NCCCc4ccccc4)cc32)c1. The molecular formula is C33H30N2O2S. The van der Waals surface area contributed by atoms with Crippen LogP contribution in [0.5, 0.6) is 0 Å². The number of fused-ring (bicyclic) bond motifs is 1. The summed E-state index contributed by atoms with van der Waals surface area (Å²) in [4.78, 5) is 30.2. The van der Waals surface area contributed by atoms with Crippen molar-refractivity contribution in [3.63, 3.8) is 0 Å². The molecule has 0 bridgehead atoms. The van der Waals surface area contributed by atoms with Crippen LogP contribution in [0.4, 0.5) is 5.69 Å². The van der Waals surface area contributed by atoms with E-state index in [2.05, 4.69) is 23.5 Å². The zero-order valence-electron chi connectivity index (χ0n) is 21.4. The topological polar surface area (TPSA) is 49.4 Å². The maximum Gasteiger partial charge on any atom is 0.265 e. The molecule has 4 aromatic carbocycles. The molecule has 2 amide bonds. The number of hydrogen-bond donors (Lipinski definition) is 1. The van der Waals surface area contributed by atoms with Gasteiger partial charge in [0.1, 0.15) is 0 Å². The molecule has 1 aliphatic heterocycles. The van der Waals surface area contributed by atoms with Gasteiger partial charge in [-0.1, -0.05) is 102 Å². The van der Waals surface area contributed by atoms with E-state index in [9.17, 15) is 9.59 Å². The Bertz CT molecular complexity index is 1470. The lowest BCUT2D eigenvalue weighted by molar-refractivity contribution is -0.114. The average Bonchev–Trinajstić information content (AvgIpc) is 2.94. The maximum atomic E-state index is 13.7. The van der Waals surface area contributed by atoms with Crippen LogP contribution in [0.3, 0.4) is 0 Å². The van der Waals surface area contributed by atoms with Gasteiger partial charge in [-0.3, -0.25) is 9.59 Å². The average molecular weight is 519 g/mol. The summed E-state index contributed by atoms with van der Waals surface area (Å²) in [7, 11) is 0. The highest BCUT2D eigenvalue weighted by Gasteiger charge is 2.30. The lowest BCUT2D eigenvalue weighted by atomic mass is 10.1. The van der Waals surface area contributed by atoms with Crippen LogP contribution in [-0.4, -0.2) is 18.4 Å². The molecule has 1 aliphatic rings. The number of hydrogen-bond acceptors (Lipinski definition) is 3. The second-order valence-corrected chi connectivity index (χ2v) is 10.5. The molecule has 1 heterocycles. The van der Waals surface area contributed by atoms with E-state index in [4.69, 9.17) is 0 Å². The van der Waals surface area contributed by atoms with Gasteiger partial charge in [0.05, 0.1) is 17.1 Å². The number of carbonyl (C=O) groups is 2. The van der Waals surface area contributed by atoms with Gasteiger partial charge in [0.2, 0.25) is 0 Å². The maximum absolute atomic E-state index is 13.7. The predicted octanol–water partition coefficient (Wildman–Crippen LogP) is 7.04. The molecular weight excluding hydrogens is 488 g/mol. The highest BCUT2D eigenvalue weighted by Crippen LogP contribution is 2.43. The van der Waals surface area contributed by atoms with Crippen LogP contribution in [-0.2, 0) is 17.8 Å². The molecule has 0 fully saturated rings. The number of nitrogens with one attached hydrogen (secondary N) is 1. The zero-order chi connectivity index (χ0) is 26.3. The second kappa shape index (κ2) is 12.0. The van der Waals surface area contributed by atoms with Crippen LogP contribution in [0.1, 0.15) is 39.0 Å². The van der Waals surface area contributed by atoms with Crippen LogP contribution in [0, 0.1) is 6.92 Å². The summed E-state index contributed by atoms with van der Waals surface area (Å²) in [6.45, 7) is 3.07. The Kier molecular flexibility index (Phi) is 8.05. The van der Waals surface area contributed by atoms with Gasteiger partial charge in [0.25, 0.3) is 11.8 Å². The van der Waals surface area contributed by atoms with Crippen molar-refractivity contribution in [1.82, 2.24) is 5.32 Å². The van der Waals surface area contributed by atoms with Crippen molar-refractivity contribution in [2.24, 2.45) is 0 Å². The van der Waals surface area contributed by atoms with Gasteiger partial charge in [-0.25, -0.2) is 0 Å². The smallest absolute Gasteiger partial charge is 0.265 e. The van der Waals surface area contributed by atoms with Gasteiger partial charge in [-0.2, -0.15) is 0 Å². The lowest BCUT2D eigenvalue weighted by Gasteiger charge is -2.31. The van der Waals surface area contributed by atoms with E-state index < -0.39 is 0 Å². The summed E-state index contributed by atoms with van der Waals surface area (Å²) in [5.74, 6) is -0.187. The minimum Gasteiger partial charge on any atom is -0.352 e. The highest BCUT2D eigenvalue weighted by atomic mass is 32.2. The number of anilines is 1. The second-order valence-electron chi connectivity index (χ2n) is 9.43. The van der Waals surface area contributed by atoms with Gasteiger partial charge in [0, 0.05) is 17.0 Å². The first kappa shape index (κ1) is 25.6. The Labute approximate surface area is 228 Å². The van der Waals surface area contributed by atoms with Crippen molar-refractivity contribution < 1.29 is 9.59 Å². The fourth-order valence-corrected chi connectivity index (χ4v) is 5.58. The van der Waals surface area contributed by atoms with Gasteiger partial charge in [-0.15, -0.1) is 0 Å². The third-order valence-corrected chi connectivity index (χ3v) is 7.56. The normalized spacial score (nSPS) is 13.9. The summed E-state index contributed by atoms with van der Waals surface area (Å²) < 4.78 is 0. The van der Waals surface area contributed by atoms with E-state index >= 15 is 0 Å². The summed E-state index contributed by atoms with van der Waals surface area (Å²) in [6, 6.07) is 34.0. The van der Waals surface area contributed by atoms with Crippen LogP contribution >= 0.6 is 11.8 Å². The molecule has 1 N–H and O–H groups in total. The molecule has 0 atom stereocenters. The number of amides is 2. The van der Waals surface area contributed by atoms with Gasteiger partial charge in [0.15, 0.2) is 0 Å². The molecule has 0 aromatic heterocycles. The van der Waals surface area contributed by atoms with E-state index in [1.165, 1.54) is 17.3 Å². The first-order valence-electron chi connectivity index (χ1n) is 12.8. The van der Waals surface area contributed by atoms with Crippen molar-refractivity contribution in [2.75, 3.05) is 11.4 Å². The van der Waals surface area contributed by atoms with E-state index in [0.717, 1.165) is 40.1 Å². The molecule has 0 saturated carbocycles. The Balaban J connectivity index is 1.38. The highest BCUT2D eigenvalue weighted by molar-refractivity contribution is 8.04. The number of carbonyl (C=O) groups excluding carboxylic acids is 2. The monoisotopic (exact) mass is 518 g/mol. The Morgan fingerprint density at radius 2 is 1.61 bits per heavy atom. The number of thioether (sulfide) groups is 1. The summed E-state index contributed by atoms with van der Waals surface area (Å²) in [5.41, 5.74) is 5.76. The number of benzene rings is 4. The van der Waals surface area contributed by atoms with Crippen molar-refractivity contribution in [2.45, 2.75) is 31.2 Å². The summed E-state index contributed by atoms with van der Waals surface area (Å²) in [6.07, 6.45) is 3.71. The number of rotatable bonds is 8. The summed E-state index contributed by atoms with van der Waals surface area (Å²) >= 11 is 1.46. The third kappa shape index (κ3) is 6.24. The minimum atomic E-state index is -0.126. The van der Waals surface area contributed by atoms with Crippen LogP contribution in [0.2, 0.25) is 0 Å². The molecule has 190 valence electrons. The first-order chi connectivity index (χ1) is 18.6. The largest absolute Gasteiger partial charge is 0.352 e. The molecule has 4 nitrogen and oxygen atoms in total. The molecule has 0 spiro atoms. The standard InChI is InChI=1S/C33H30N2O2S/c1-24-10-8-15-27(20-24)23-35-29-22-28(32(36)34-19-9-16-25-11-4-2-5-12-25)17-18-30(29)38-31(33(35)37)21-26-13-6-3-7-14-26/h2-8,10-15,17-18,20-22H,9,16,19,23H2,1H3,(H,34,36)/b31-21-. The molecule has 0 saturated heterocycles. The van der Waals surface area contributed by atoms with Gasteiger partial charge >= 0.3 is 0 Å². The van der Waals surface area contributed by atoms with Crippen molar-refractivity contribution in [3.05, 3.63) is 136 Å². The Hall–Kier alpha value is -4.09. The number of nitrogens with zero attached hydrogens (tertiary/aromatic N) is 1. The molecule has 5 rings (SSSR count). The predicted molar refractivity (Wildman–Crippen MR) is 156 cm³/mol. The van der Waals surface area contributed by atoms with E-state index in [1.54, 1.807) is 4.90 Å². The fourth-order valence-electron chi connectivity index (χ4n) is 4.54. The van der Waals surface area contributed by atoms with Crippen LogP contribution < -0.4 is 10.2 Å². The van der Waals surface area contributed by atoms with Gasteiger partial charge < -0.3 is 10.2 Å². The molecule has 4 aromatic rings. The van der Waals surface area contributed by atoms with Crippen molar-refractivity contribution in [1.29, 1.82) is 0 Å². The number of aryl methyl sites for hydroxylation is 2. The Morgan fingerprint density at radius 3 is 2.37 bits per heavy atom. The Morgan fingerprint density at radius 1 is 0.868 bits per heavy atom. The van der Waals surface area contributed by atoms with E-state index in [0.29, 0.717) is 23.6 Å². The molecule has 5 heteroatoms. The van der Waals surface area contributed by atoms with Crippen molar-refractivity contribution >= 4 is 35.3 Å². The van der Waals surface area contributed by atoms with Crippen LogP contribution in [0.25, 0.3) is 6.08 Å². The van der Waals surface area contributed by atoms with E-state index in [1.807, 2.05) is 97.9 Å². The zero-order valence-corrected chi connectivity index (χ0v) is 22.2. The minimum absolute atomic E-state index is 0.0618. The van der Waals surface area contributed by atoms with E-state index in [-0.39, 0.29) is 11.8 Å². The van der Waals surface area contributed by atoms with Gasteiger partial charge in [-0.05, 0) is 60.7 Å². The molecule has 0 aliphatic carbocycles. The molecule has 38 heavy (non-hydrogen) atoms. The third-order valence-electron chi connectivity index (χ3n) is 6.48. The molecule has 0 unspecified atom stereocenters. The first-order valence-corrected chi connectivity index (χ1v) is 13.7. The molecule has 0 radical (unpaired) electrons. The quantitative estimate of drug-likeness (QED) is 0.201. The summed E-state index contributed by atoms with van der Waals surface area (Å²) in [5, 5.41) is 3.04.